The van der Waals surface area contributed by atoms with Crippen LogP contribution in [0.25, 0.3) is 10.9 Å². The smallest absolute Gasteiger partial charge is 0.328 e. The maximum absolute atomic E-state index is 12.5. The minimum Gasteiger partial charge on any atom is -0.328 e. The van der Waals surface area contributed by atoms with Crippen molar-refractivity contribution in [2.24, 2.45) is 0 Å². The zero-order valence-corrected chi connectivity index (χ0v) is 10.9. The molecule has 0 aliphatic carbocycles. The lowest BCUT2D eigenvalue weighted by Crippen LogP contribution is -2.39. The number of halogens is 3. The Morgan fingerprint density at radius 2 is 2.05 bits per heavy atom. The number of benzene rings is 1. The number of hydrogen-bond donors (Lipinski definition) is 1. The van der Waals surface area contributed by atoms with E-state index in [1.807, 2.05) is 0 Å². The zero-order valence-electron chi connectivity index (χ0n) is 10.9. The second-order valence-electron chi connectivity index (χ2n) is 4.46. The van der Waals surface area contributed by atoms with Crippen molar-refractivity contribution in [3.8, 4) is 0 Å². The average Bonchev–Trinajstić information content (AvgIpc) is 2.79. The predicted octanol–water partition coefficient (Wildman–Crippen LogP) is 2.98. The number of nitrogens with zero attached hydrogens (tertiary/aromatic N) is 2. The van der Waals surface area contributed by atoms with Crippen LogP contribution in [0.2, 0.25) is 0 Å². The maximum Gasteiger partial charge on any atom is 0.406 e. The van der Waals surface area contributed by atoms with Gasteiger partial charge in [0.1, 0.15) is 6.54 Å². The van der Waals surface area contributed by atoms with Crippen LogP contribution in [-0.2, 0) is 0 Å². The Labute approximate surface area is 113 Å². The number of rotatable bonds is 4. The molecule has 1 heterocycles. The van der Waals surface area contributed by atoms with E-state index in [1.54, 1.807) is 31.2 Å². The monoisotopic (exact) mass is 285 g/mol. The van der Waals surface area contributed by atoms with Crippen LogP contribution >= 0.6 is 0 Å². The molecule has 2 rings (SSSR count). The molecule has 0 atom stereocenters. The van der Waals surface area contributed by atoms with Gasteiger partial charge in [0.2, 0.25) is 0 Å². The highest BCUT2D eigenvalue weighted by molar-refractivity contribution is 6.04. The molecular weight excluding hydrogens is 271 g/mol. The highest BCUT2D eigenvalue weighted by atomic mass is 19.4. The Kier molecular flexibility index (Phi) is 3.96. The average molecular weight is 285 g/mol. The van der Waals surface area contributed by atoms with Gasteiger partial charge in [0.05, 0.1) is 5.52 Å². The summed E-state index contributed by atoms with van der Waals surface area (Å²) in [6, 6.07) is 6.84. The van der Waals surface area contributed by atoms with Gasteiger partial charge in [-0.05, 0) is 12.5 Å². The van der Waals surface area contributed by atoms with Gasteiger partial charge in [0.25, 0.3) is 5.91 Å². The van der Waals surface area contributed by atoms with Crippen LogP contribution in [0.1, 0.15) is 23.8 Å². The number of aromatic amines is 1. The number of alkyl halides is 3. The van der Waals surface area contributed by atoms with Gasteiger partial charge in [-0.2, -0.15) is 18.3 Å². The molecule has 1 aromatic heterocycles. The van der Waals surface area contributed by atoms with Crippen molar-refractivity contribution < 1.29 is 18.0 Å². The van der Waals surface area contributed by atoms with E-state index < -0.39 is 18.6 Å². The Bertz CT molecular complexity index is 606. The Morgan fingerprint density at radius 1 is 1.35 bits per heavy atom. The van der Waals surface area contributed by atoms with Crippen LogP contribution in [-0.4, -0.2) is 40.3 Å². The van der Waals surface area contributed by atoms with E-state index in [9.17, 15) is 18.0 Å². The first kappa shape index (κ1) is 14.4. The van der Waals surface area contributed by atoms with Gasteiger partial charge in [0.15, 0.2) is 5.69 Å². The number of aromatic nitrogens is 2. The van der Waals surface area contributed by atoms with Crippen molar-refractivity contribution >= 4 is 16.8 Å². The second kappa shape index (κ2) is 5.52. The van der Waals surface area contributed by atoms with Gasteiger partial charge in [-0.25, -0.2) is 0 Å². The van der Waals surface area contributed by atoms with Gasteiger partial charge in [0, 0.05) is 11.9 Å². The fraction of sp³-hybridized carbons (Fsp3) is 0.385. The summed E-state index contributed by atoms with van der Waals surface area (Å²) in [7, 11) is 0. The Balaban J connectivity index is 2.31. The van der Waals surface area contributed by atoms with E-state index in [1.165, 1.54) is 0 Å². The standard InChI is InChI=1S/C13H14F3N3O/c1-2-7-19(8-13(14,15)16)12(20)11-9-5-3-4-6-10(9)17-18-11/h3-6H,2,7-8H2,1H3,(H,17,18). The molecule has 0 saturated heterocycles. The lowest BCUT2D eigenvalue weighted by Gasteiger charge is -2.22. The summed E-state index contributed by atoms with van der Waals surface area (Å²) < 4.78 is 37.6. The van der Waals surface area contributed by atoms with Crippen molar-refractivity contribution in [1.82, 2.24) is 15.1 Å². The van der Waals surface area contributed by atoms with Gasteiger partial charge >= 0.3 is 6.18 Å². The zero-order chi connectivity index (χ0) is 14.8. The number of para-hydroxylation sites is 1. The summed E-state index contributed by atoms with van der Waals surface area (Å²) in [5.41, 5.74) is 0.651. The SMILES string of the molecule is CCCN(CC(F)(F)F)C(=O)c1n[nH]c2ccccc12. The van der Waals surface area contributed by atoms with Crippen molar-refractivity contribution in [1.29, 1.82) is 0 Å². The topological polar surface area (TPSA) is 49.0 Å². The molecule has 108 valence electrons. The van der Waals surface area contributed by atoms with Crippen molar-refractivity contribution in [2.75, 3.05) is 13.1 Å². The van der Waals surface area contributed by atoms with Crippen LogP contribution in [0.4, 0.5) is 13.2 Å². The summed E-state index contributed by atoms with van der Waals surface area (Å²) >= 11 is 0. The van der Waals surface area contributed by atoms with E-state index >= 15 is 0 Å². The molecule has 1 amide bonds. The maximum atomic E-state index is 12.5. The molecule has 0 aliphatic heterocycles. The lowest BCUT2D eigenvalue weighted by atomic mass is 10.2. The Morgan fingerprint density at radius 3 is 2.70 bits per heavy atom. The van der Waals surface area contributed by atoms with Crippen molar-refractivity contribution in [3.05, 3.63) is 30.0 Å². The molecule has 2 aromatic rings. The molecule has 0 unspecified atom stereocenters. The number of carbonyl (C=O) groups excluding carboxylic acids is 1. The number of carbonyl (C=O) groups is 1. The molecule has 1 N–H and O–H groups in total. The van der Waals surface area contributed by atoms with E-state index in [-0.39, 0.29) is 12.2 Å². The first-order chi connectivity index (χ1) is 9.42. The van der Waals surface area contributed by atoms with Crippen LogP contribution < -0.4 is 0 Å². The van der Waals surface area contributed by atoms with Gasteiger partial charge in [-0.3, -0.25) is 9.89 Å². The molecule has 0 spiro atoms. The van der Waals surface area contributed by atoms with Crippen LogP contribution in [0.3, 0.4) is 0 Å². The molecule has 20 heavy (non-hydrogen) atoms. The highest BCUT2D eigenvalue weighted by Gasteiger charge is 2.34. The van der Waals surface area contributed by atoms with E-state index in [0.29, 0.717) is 17.3 Å². The van der Waals surface area contributed by atoms with Crippen molar-refractivity contribution in [3.63, 3.8) is 0 Å². The van der Waals surface area contributed by atoms with Crippen LogP contribution in [0, 0.1) is 0 Å². The number of nitrogens with one attached hydrogen (secondary N) is 1. The first-order valence-corrected chi connectivity index (χ1v) is 6.21. The molecule has 7 heteroatoms. The largest absolute Gasteiger partial charge is 0.406 e. The lowest BCUT2D eigenvalue weighted by molar-refractivity contribution is -0.140. The first-order valence-electron chi connectivity index (χ1n) is 6.21. The molecule has 0 saturated carbocycles. The minimum atomic E-state index is -4.42. The molecule has 0 fully saturated rings. The number of H-pyrrole nitrogens is 1. The second-order valence-corrected chi connectivity index (χ2v) is 4.46. The van der Waals surface area contributed by atoms with E-state index in [0.717, 1.165) is 4.90 Å². The van der Waals surface area contributed by atoms with Gasteiger partial charge < -0.3 is 4.90 Å². The number of hydrogen-bond acceptors (Lipinski definition) is 2. The van der Waals surface area contributed by atoms with E-state index in [2.05, 4.69) is 10.2 Å². The van der Waals surface area contributed by atoms with E-state index in [4.69, 9.17) is 0 Å². The van der Waals surface area contributed by atoms with Crippen LogP contribution in [0.5, 0.6) is 0 Å². The summed E-state index contributed by atoms with van der Waals surface area (Å²) in [5, 5.41) is 7.02. The third kappa shape index (κ3) is 3.09. The molecule has 0 aliphatic rings. The van der Waals surface area contributed by atoms with Gasteiger partial charge in [-0.1, -0.05) is 25.1 Å². The Hall–Kier alpha value is -2.05. The van der Waals surface area contributed by atoms with Gasteiger partial charge in [-0.15, -0.1) is 0 Å². The third-order valence-corrected chi connectivity index (χ3v) is 2.82. The summed E-state index contributed by atoms with van der Waals surface area (Å²) in [5.74, 6) is -0.707. The fourth-order valence-electron chi connectivity index (χ4n) is 2.01. The summed E-state index contributed by atoms with van der Waals surface area (Å²) in [6.45, 7) is 0.500. The molecule has 0 bridgehead atoms. The minimum absolute atomic E-state index is 0.0262. The third-order valence-electron chi connectivity index (χ3n) is 2.82. The van der Waals surface area contributed by atoms with Crippen molar-refractivity contribution in [2.45, 2.75) is 19.5 Å². The summed E-state index contributed by atoms with van der Waals surface area (Å²) in [6.07, 6.45) is -3.97. The molecular formula is C13H14F3N3O. The highest BCUT2D eigenvalue weighted by Crippen LogP contribution is 2.21. The molecule has 0 radical (unpaired) electrons. The quantitative estimate of drug-likeness (QED) is 0.938. The van der Waals surface area contributed by atoms with Crippen LogP contribution in [0.15, 0.2) is 24.3 Å². The normalized spacial score (nSPS) is 11.8. The molecule has 1 aromatic carbocycles. The number of fused-ring (bicyclic) bond motifs is 1. The molecule has 4 nitrogen and oxygen atoms in total. The predicted molar refractivity (Wildman–Crippen MR) is 68.3 cm³/mol. The fourth-order valence-corrected chi connectivity index (χ4v) is 2.01. The number of amides is 1. The summed E-state index contributed by atoms with van der Waals surface area (Å²) in [4.78, 5) is 13.0.